The molecule has 9 aromatic carbocycles. The van der Waals surface area contributed by atoms with E-state index in [4.69, 9.17) is 15.0 Å². The summed E-state index contributed by atoms with van der Waals surface area (Å²) in [6.07, 6.45) is 11.4. The summed E-state index contributed by atoms with van der Waals surface area (Å²) < 4.78 is 7.37. The second-order valence-corrected chi connectivity index (χ2v) is 20.9. The fourth-order valence-corrected chi connectivity index (χ4v) is 12.9. The van der Waals surface area contributed by atoms with Crippen LogP contribution in [0.2, 0.25) is 0 Å². The van der Waals surface area contributed by atoms with Crippen LogP contribution in [0.15, 0.2) is 218 Å². The number of fused-ring (bicyclic) bond motifs is 9. The zero-order valence-electron chi connectivity index (χ0n) is 41.8. The summed E-state index contributed by atoms with van der Waals surface area (Å²) in [5, 5.41) is 7.48. The Hall–Kier alpha value is -8.87. The van der Waals surface area contributed by atoms with E-state index in [0.29, 0.717) is 11.8 Å². The molecule has 0 radical (unpaired) electrons. The van der Waals surface area contributed by atoms with Gasteiger partial charge in [-0.25, -0.2) is 15.0 Å². The molecule has 1 unspecified atom stereocenters. The molecule has 2 aliphatic rings. The molecule has 2 aliphatic carbocycles. The van der Waals surface area contributed by atoms with Crippen LogP contribution in [0.4, 0.5) is 0 Å². The molecule has 0 saturated heterocycles. The molecule has 0 aliphatic heterocycles. The van der Waals surface area contributed by atoms with E-state index in [-0.39, 0.29) is 0 Å². The van der Waals surface area contributed by atoms with Gasteiger partial charge < -0.3 is 13.7 Å². The molecule has 360 valence electrons. The van der Waals surface area contributed by atoms with Crippen molar-refractivity contribution in [3.05, 3.63) is 236 Å². The van der Waals surface area contributed by atoms with E-state index in [0.717, 1.165) is 66.5 Å². The monoisotopic (exact) mass is 966 g/mol. The van der Waals surface area contributed by atoms with Gasteiger partial charge in [-0.05, 0) is 128 Å². The molecule has 0 spiro atoms. The van der Waals surface area contributed by atoms with Crippen molar-refractivity contribution in [1.29, 1.82) is 0 Å². The van der Waals surface area contributed by atoms with E-state index in [1.807, 2.05) is 0 Å². The van der Waals surface area contributed by atoms with Crippen molar-refractivity contribution < 1.29 is 0 Å². The predicted molar refractivity (Wildman–Crippen MR) is 311 cm³/mol. The molecule has 0 bridgehead atoms. The first kappa shape index (κ1) is 43.7. The first-order chi connectivity index (χ1) is 37.2. The fraction of sp³-hybridized carbons (Fsp3) is 0.145. The third kappa shape index (κ3) is 7.33. The highest BCUT2D eigenvalue weighted by atomic mass is 15.0. The molecule has 6 nitrogen and oxygen atoms in total. The molecular weight excluding hydrogens is 913 g/mol. The Morgan fingerprint density at radius 3 is 1.60 bits per heavy atom. The van der Waals surface area contributed by atoms with Crippen molar-refractivity contribution in [2.24, 2.45) is 0 Å². The highest BCUT2D eigenvalue weighted by Gasteiger charge is 2.26. The van der Waals surface area contributed by atoms with Gasteiger partial charge in [-0.2, -0.15) is 0 Å². The number of para-hydroxylation sites is 5. The lowest BCUT2D eigenvalue weighted by molar-refractivity contribution is 0.427. The van der Waals surface area contributed by atoms with Crippen molar-refractivity contribution in [3.63, 3.8) is 0 Å². The lowest BCUT2D eigenvalue weighted by atomic mass is 9.83. The van der Waals surface area contributed by atoms with Gasteiger partial charge in [0, 0.05) is 60.7 Å². The number of benzene rings is 9. The first-order valence-electron chi connectivity index (χ1n) is 27.0. The van der Waals surface area contributed by atoms with E-state index < -0.39 is 0 Å². The van der Waals surface area contributed by atoms with Gasteiger partial charge in [0.2, 0.25) is 0 Å². The van der Waals surface area contributed by atoms with Crippen LogP contribution in [0.25, 0.3) is 111 Å². The number of hydrogen-bond acceptors (Lipinski definition) is 3. The maximum absolute atomic E-state index is 5.26. The molecule has 1 atom stereocenters. The van der Waals surface area contributed by atoms with Gasteiger partial charge in [-0.3, -0.25) is 0 Å². The Bertz CT molecular complexity index is 4320. The number of allylic oxidation sites excluding steroid dienone is 2. The van der Waals surface area contributed by atoms with Crippen LogP contribution in [0.1, 0.15) is 80.4 Å². The number of rotatable bonds is 8. The topological polar surface area (TPSA) is 53.5 Å². The van der Waals surface area contributed by atoms with Crippen LogP contribution >= 0.6 is 0 Å². The normalized spacial score (nSPS) is 15.5. The third-order valence-electron chi connectivity index (χ3n) is 16.6. The van der Waals surface area contributed by atoms with E-state index >= 15 is 0 Å². The van der Waals surface area contributed by atoms with Gasteiger partial charge in [-0.1, -0.05) is 165 Å². The highest BCUT2D eigenvalue weighted by molar-refractivity contribution is 6.13. The minimum atomic E-state index is 0.347. The lowest BCUT2D eigenvalue weighted by Crippen LogP contribution is -2.14. The average Bonchev–Trinajstić information content (AvgIpc) is 4.16. The van der Waals surface area contributed by atoms with Crippen LogP contribution in [0.3, 0.4) is 0 Å². The van der Waals surface area contributed by atoms with Crippen molar-refractivity contribution >= 4 is 71.0 Å². The second-order valence-electron chi connectivity index (χ2n) is 20.9. The average molecular weight is 967 g/mol. The lowest BCUT2D eigenvalue weighted by Gasteiger charge is -2.25. The summed E-state index contributed by atoms with van der Waals surface area (Å²) in [5.41, 5.74) is 16.7. The Morgan fingerprint density at radius 1 is 0.360 bits per heavy atom. The van der Waals surface area contributed by atoms with E-state index in [9.17, 15) is 0 Å². The first-order valence-corrected chi connectivity index (χ1v) is 27.0. The minimum Gasteiger partial charge on any atom is -0.309 e. The zero-order chi connectivity index (χ0) is 49.4. The summed E-state index contributed by atoms with van der Waals surface area (Å²) in [5.74, 6) is 3.36. The van der Waals surface area contributed by atoms with Crippen molar-refractivity contribution in [2.45, 2.75) is 63.2 Å². The third-order valence-corrected chi connectivity index (χ3v) is 16.6. The zero-order valence-corrected chi connectivity index (χ0v) is 41.8. The Balaban J connectivity index is 0.869. The van der Waals surface area contributed by atoms with Gasteiger partial charge in [0.05, 0.1) is 38.8 Å². The van der Waals surface area contributed by atoms with Crippen molar-refractivity contribution in [2.75, 3.05) is 0 Å². The Morgan fingerprint density at radius 2 is 0.933 bits per heavy atom. The molecule has 6 heteroatoms. The SMILES string of the molecule is C1=C(c2nc(-c3ccccc3)nc(C3CCCCC3)n2)CCC(c2ccc(-n3c4ccccc4c4ccccc43)c(-c3ccc4c(c3)c3ccccc3n4-c3ccc4c5ccccc5n(-c5ccccc5)c4c3)c2)C1. The molecule has 0 amide bonds. The van der Waals surface area contributed by atoms with Crippen LogP contribution in [0.5, 0.6) is 0 Å². The second kappa shape index (κ2) is 18.0. The Kier molecular flexibility index (Phi) is 10.5. The molecule has 13 aromatic rings. The Labute approximate surface area is 435 Å². The standard InChI is InChI=1S/C69H54N6/c1-4-18-46(19-5-1)67-70-68(47-20-6-2-7-21-47)72-69(71-67)48-34-32-45(33-35-48)49-36-40-64(75-62-30-16-11-24-53(62)54-25-12-17-31-63(54)75)58(42-49)50-37-41-65-59(43-50)56-27-13-15-29-61(56)74(65)52-38-39-57-55-26-10-14-28-60(55)73(66(57)44-52)51-22-8-3-9-23-51/h1,3-5,8-19,22-31,34,36-45,47H,2,6-7,20-21,32-33,35H2. The van der Waals surface area contributed by atoms with Crippen LogP contribution in [0, 0.1) is 0 Å². The molecule has 4 heterocycles. The summed E-state index contributed by atoms with van der Waals surface area (Å²) in [7, 11) is 0. The maximum Gasteiger partial charge on any atom is 0.163 e. The number of nitrogens with zero attached hydrogens (tertiary/aromatic N) is 6. The van der Waals surface area contributed by atoms with Crippen LogP contribution < -0.4 is 0 Å². The predicted octanol–water partition coefficient (Wildman–Crippen LogP) is 17.9. The molecule has 0 N–H and O–H groups in total. The molecule has 1 saturated carbocycles. The summed E-state index contributed by atoms with van der Waals surface area (Å²) in [4.78, 5) is 15.6. The fourth-order valence-electron chi connectivity index (χ4n) is 12.9. The summed E-state index contributed by atoms with van der Waals surface area (Å²) >= 11 is 0. The molecule has 1 fully saturated rings. The van der Waals surface area contributed by atoms with E-state index in [1.165, 1.54) is 113 Å². The van der Waals surface area contributed by atoms with Gasteiger partial charge in [0.1, 0.15) is 5.82 Å². The molecular formula is C69H54N6. The number of aromatic nitrogens is 6. The van der Waals surface area contributed by atoms with Crippen molar-refractivity contribution in [3.8, 4) is 39.6 Å². The molecule has 4 aromatic heterocycles. The largest absolute Gasteiger partial charge is 0.309 e. The van der Waals surface area contributed by atoms with E-state index in [2.05, 4.69) is 232 Å². The maximum atomic E-state index is 5.26. The number of hydrogen-bond donors (Lipinski definition) is 0. The van der Waals surface area contributed by atoms with Crippen LogP contribution in [-0.2, 0) is 0 Å². The van der Waals surface area contributed by atoms with Gasteiger partial charge >= 0.3 is 0 Å². The minimum absolute atomic E-state index is 0.347. The van der Waals surface area contributed by atoms with Crippen molar-refractivity contribution in [1.82, 2.24) is 28.7 Å². The summed E-state index contributed by atoms with van der Waals surface area (Å²) in [6, 6.07) is 78.1. The van der Waals surface area contributed by atoms with Gasteiger partial charge in [0.15, 0.2) is 11.6 Å². The smallest absolute Gasteiger partial charge is 0.163 e. The quantitative estimate of drug-likeness (QED) is 0.152. The van der Waals surface area contributed by atoms with Crippen LogP contribution in [-0.4, -0.2) is 28.7 Å². The summed E-state index contributed by atoms with van der Waals surface area (Å²) in [6.45, 7) is 0. The highest BCUT2D eigenvalue weighted by Crippen LogP contribution is 2.44. The van der Waals surface area contributed by atoms with Gasteiger partial charge in [-0.15, -0.1) is 0 Å². The molecule has 75 heavy (non-hydrogen) atoms. The van der Waals surface area contributed by atoms with Gasteiger partial charge in [0.25, 0.3) is 0 Å². The molecule has 15 rings (SSSR count). The van der Waals surface area contributed by atoms with E-state index in [1.54, 1.807) is 0 Å².